The van der Waals surface area contributed by atoms with Gasteiger partial charge in [-0.15, -0.1) is 0 Å². The van der Waals surface area contributed by atoms with Crippen molar-refractivity contribution >= 4 is 11.9 Å². The van der Waals surface area contributed by atoms with E-state index in [1.807, 2.05) is 0 Å². The van der Waals surface area contributed by atoms with Crippen molar-refractivity contribution in [2.24, 2.45) is 5.92 Å². The van der Waals surface area contributed by atoms with E-state index >= 15 is 0 Å². The van der Waals surface area contributed by atoms with Crippen molar-refractivity contribution < 1.29 is 14.7 Å². The van der Waals surface area contributed by atoms with Crippen LogP contribution in [0, 0.1) is 12.8 Å². The number of aryl methyl sites for hydroxylation is 1. The summed E-state index contributed by atoms with van der Waals surface area (Å²) in [5.74, 6) is -1.19. The van der Waals surface area contributed by atoms with Crippen LogP contribution in [0.5, 0.6) is 0 Å². The van der Waals surface area contributed by atoms with Crippen LogP contribution in [-0.4, -0.2) is 33.0 Å². The van der Waals surface area contributed by atoms with Crippen LogP contribution in [0.15, 0.2) is 12.5 Å². The second-order valence-corrected chi connectivity index (χ2v) is 4.88. The minimum atomic E-state index is -0.739. The number of hydrogen-bond donors (Lipinski definition) is 2. The largest absolute Gasteiger partial charge is 0.481 e. The summed E-state index contributed by atoms with van der Waals surface area (Å²) in [6.07, 6.45) is 5.55. The fraction of sp³-hybridized carbons (Fsp3) is 0.538. The highest BCUT2D eigenvalue weighted by molar-refractivity contribution is 5.95. The van der Waals surface area contributed by atoms with Crippen molar-refractivity contribution in [1.82, 2.24) is 15.3 Å². The Morgan fingerprint density at radius 1 is 1.32 bits per heavy atom. The normalized spacial score (nSPS) is 22.8. The average molecular weight is 263 g/mol. The molecular weight excluding hydrogens is 246 g/mol. The molecule has 0 unspecified atom stereocenters. The number of carbonyl (C=O) groups excluding carboxylic acids is 1. The molecule has 0 atom stereocenters. The molecule has 1 saturated carbocycles. The first kappa shape index (κ1) is 13.5. The van der Waals surface area contributed by atoms with Crippen molar-refractivity contribution in [3.63, 3.8) is 0 Å². The maximum atomic E-state index is 12.0. The fourth-order valence-corrected chi connectivity index (χ4v) is 2.36. The molecule has 6 nitrogen and oxygen atoms in total. The third kappa shape index (κ3) is 3.27. The average Bonchev–Trinajstić information content (AvgIpc) is 2.39. The third-order valence-electron chi connectivity index (χ3n) is 3.57. The molecule has 1 fully saturated rings. The molecule has 1 heterocycles. The smallest absolute Gasteiger partial charge is 0.306 e. The molecule has 1 aromatic heterocycles. The van der Waals surface area contributed by atoms with Gasteiger partial charge in [0.2, 0.25) is 0 Å². The van der Waals surface area contributed by atoms with E-state index in [9.17, 15) is 9.59 Å². The van der Waals surface area contributed by atoms with Gasteiger partial charge in [-0.2, -0.15) is 0 Å². The molecule has 0 aliphatic heterocycles. The minimum Gasteiger partial charge on any atom is -0.481 e. The van der Waals surface area contributed by atoms with Gasteiger partial charge in [-0.1, -0.05) is 0 Å². The molecule has 0 spiro atoms. The summed E-state index contributed by atoms with van der Waals surface area (Å²) in [5, 5.41) is 11.8. The van der Waals surface area contributed by atoms with E-state index < -0.39 is 5.97 Å². The number of rotatable bonds is 3. The number of carboxylic acid groups (broad SMARTS) is 1. The number of carbonyl (C=O) groups is 2. The summed E-state index contributed by atoms with van der Waals surface area (Å²) in [6, 6.07) is 0.0442. The number of nitrogens with one attached hydrogen (secondary N) is 1. The van der Waals surface area contributed by atoms with Crippen LogP contribution < -0.4 is 5.32 Å². The van der Waals surface area contributed by atoms with Crippen LogP contribution in [-0.2, 0) is 4.79 Å². The van der Waals surface area contributed by atoms with Gasteiger partial charge >= 0.3 is 5.97 Å². The molecular formula is C13H17N3O3. The minimum absolute atomic E-state index is 0.0442. The van der Waals surface area contributed by atoms with Gasteiger partial charge in [-0.05, 0) is 32.6 Å². The highest BCUT2D eigenvalue weighted by Crippen LogP contribution is 2.24. The fourth-order valence-electron chi connectivity index (χ4n) is 2.36. The molecule has 0 aromatic carbocycles. The Kier molecular flexibility index (Phi) is 4.09. The van der Waals surface area contributed by atoms with E-state index in [1.54, 1.807) is 6.92 Å². The summed E-state index contributed by atoms with van der Waals surface area (Å²) in [4.78, 5) is 30.7. The number of aliphatic carboxylic acids is 1. The molecule has 19 heavy (non-hydrogen) atoms. The lowest BCUT2D eigenvalue weighted by Gasteiger charge is -2.26. The van der Waals surface area contributed by atoms with Gasteiger partial charge in [0.25, 0.3) is 5.91 Å². The van der Waals surface area contributed by atoms with Gasteiger partial charge < -0.3 is 10.4 Å². The van der Waals surface area contributed by atoms with Crippen LogP contribution in [0.2, 0.25) is 0 Å². The lowest BCUT2D eigenvalue weighted by Crippen LogP contribution is -2.39. The summed E-state index contributed by atoms with van der Waals surface area (Å²) in [7, 11) is 0. The van der Waals surface area contributed by atoms with Crippen molar-refractivity contribution in [3.05, 3.63) is 23.8 Å². The highest BCUT2D eigenvalue weighted by atomic mass is 16.4. The Morgan fingerprint density at radius 2 is 2.00 bits per heavy atom. The Labute approximate surface area is 111 Å². The molecule has 6 heteroatoms. The number of carboxylic acids is 1. The van der Waals surface area contributed by atoms with Gasteiger partial charge in [-0.25, -0.2) is 9.97 Å². The predicted molar refractivity (Wildman–Crippen MR) is 67.6 cm³/mol. The molecule has 0 saturated heterocycles. The predicted octanol–water partition coefficient (Wildman–Crippen LogP) is 1.16. The lowest BCUT2D eigenvalue weighted by atomic mass is 9.86. The van der Waals surface area contributed by atoms with E-state index in [-0.39, 0.29) is 17.9 Å². The van der Waals surface area contributed by atoms with E-state index in [0.29, 0.717) is 36.9 Å². The molecule has 102 valence electrons. The second kappa shape index (κ2) is 5.77. The molecule has 2 N–H and O–H groups in total. The summed E-state index contributed by atoms with van der Waals surface area (Å²) in [5.41, 5.74) is 1.12. The summed E-state index contributed by atoms with van der Waals surface area (Å²) >= 11 is 0. The van der Waals surface area contributed by atoms with Gasteiger partial charge in [0.05, 0.1) is 17.2 Å². The summed E-state index contributed by atoms with van der Waals surface area (Å²) < 4.78 is 0. The quantitative estimate of drug-likeness (QED) is 0.853. The van der Waals surface area contributed by atoms with E-state index in [2.05, 4.69) is 15.3 Å². The topological polar surface area (TPSA) is 92.2 Å². The Morgan fingerprint density at radius 3 is 2.58 bits per heavy atom. The first-order chi connectivity index (χ1) is 9.08. The monoisotopic (exact) mass is 263 g/mol. The van der Waals surface area contributed by atoms with Crippen LogP contribution in [0.25, 0.3) is 0 Å². The molecule has 1 aliphatic rings. The molecule has 0 bridgehead atoms. The third-order valence-corrected chi connectivity index (χ3v) is 3.57. The number of hydrogen-bond acceptors (Lipinski definition) is 4. The van der Waals surface area contributed by atoms with Crippen molar-refractivity contribution in [2.75, 3.05) is 0 Å². The number of nitrogens with zero attached hydrogens (tertiary/aromatic N) is 2. The SMILES string of the molecule is Cc1ncncc1C(=O)NC1CCC(C(=O)O)CC1. The molecule has 0 radical (unpaired) electrons. The van der Waals surface area contributed by atoms with Crippen molar-refractivity contribution in [1.29, 1.82) is 0 Å². The number of aromatic nitrogens is 2. The standard InChI is InChI=1S/C13H17N3O3/c1-8-11(6-14-7-15-8)12(17)16-10-4-2-9(3-5-10)13(18)19/h6-7,9-10H,2-5H2,1H3,(H,16,17)(H,18,19). The zero-order valence-electron chi connectivity index (χ0n) is 10.8. The van der Waals surface area contributed by atoms with Gasteiger partial charge in [0.15, 0.2) is 0 Å². The second-order valence-electron chi connectivity index (χ2n) is 4.88. The van der Waals surface area contributed by atoms with Crippen LogP contribution in [0.4, 0.5) is 0 Å². The van der Waals surface area contributed by atoms with E-state index in [1.165, 1.54) is 12.5 Å². The van der Waals surface area contributed by atoms with Gasteiger partial charge in [-0.3, -0.25) is 9.59 Å². The van der Waals surface area contributed by atoms with E-state index in [4.69, 9.17) is 5.11 Å². The van der Waals surface area contributed by atoms with Crippen LogP contribution >= 0.6 is 0 Å². The van der Waals surface area contributed by atoms with Gasteiger partial charge in [0, 0.05) is 12.2 Å². The number of amides is 1. The molecule has 1 amide bonds. The first-order valence-electron chi connectivity index (χ1n) is 6.38. The van der Waals surface area contributed by atoms with E-state index in [0.717, 1.165) is 0 Å². The lowest BCUT2D eigenvalue weighted by molar-refractivity contribution is -0.142. The zero-order chi connectivity index (χ0) is 13.8. The Bertz CT molecular complexity index is 482. The highest BCUT2D eigenvalue weighted by Gasteiger charge is 2.27. The Hall–Kier alpha value is -1.98. The Balaban J connectivity index is 1.91. The van der Waals surface area contributed by atoms with Crippen LogP contribution in [0.1, 0.15) is 41.7 Å². The van der Waals surface area contributed by atoms with Crippen LogP contribution in [0.3, 0.4) is 0 Å². The van der Waals surface area contributed by atoms with Crippen molar-refractivity contribution in [2.45, 2.75) is 38.6 Å². The molecule has 2 rings (SSSR count). The maximum Gasteiger partial charge on any atom is 0.306 e. The zero-order valence-corrected chi connectivity index (χ0v) is 10.8. The molecule has 1 aliphatic carbocycles. The van der Waals surface area contributed by atoms with Gasteiger partial charge in [0.1, 0.15) is 6.33 Å². The summed E-state index contributed by atoms with van der Waals surface area (Å²) in [6.45, 7) is 1.76. The van der Waals surface area contributed by atoms with Crippen molar-refractivity contribution in [3.8, 4) is 0 Å². The molecule has 1 aromatic rings. The first-order valence-corrected chi connectivity index (χ1v) is 6.38. The maximum absolute atomic E-state index is 12.0.